The fourth-order valence-corrected chi connectivity index (χ4v) is 4.85. The van der Waals surface area contributed by atoms with Crippen molar-refractivity contribution in [1.29, 1.82) is 0 Å². The Hall–Kier alpha value is -3.04. The van der Waals surface area contributed by atoms with Gasteiger partial charge in [0.2, 0.25) is 0 Å². The van der Waals surface area contributed by atoms with Crippen molar-refractivity contribution in [2.45, 2.75) is 37.5 Å². The number of carbonyl (C=O) groups excluding carboxylic acids is 2. The van der Waals surface area contributed by atoms with Gasteiger partial charge in [0.25, 0.3) is 11.8 Å². The number of benzene rings is 2. The van der Waals surface area contributed by atoms with Crippen LogP contribution in [0, 0.1) is 11.6 Å². The largest absolute Gasteiger partial charge is 0.380 e. The average molecular weight is 487 g/mol. The van der Waals surface area contributed by atoms with Gasteiger partial charge in [-0.15, -0.1) is 0 Å². The minimum absolute atomic E-state index is 0.0441. The molecule has 2 aliphatic rings. The summed E-state index contributed by atoms with van der Waals surface area (Å²) < 4.78 is 28.7. The highest BCUT2D eigenvalue weighted by atomic mass is 19.1. The standard InChI is InChI=1S/C26H32F2N4O3/c1-26(35,17-7-5-4-6-8-17)25(34)31-11-9-20(10-12-31)32-15-19(16-32)29-18-13-21(27)23(22(28)14-18)24(33)30(2)3/h4-8,13-14,19-20,29,35H,9-12,15-16H2,1-3H3/t26-/m0/s1. The summed E-state index contributed by atoms with van der Waals surface area (Å²) in [4.78, 5) is 30.1. The number of nitrogens with zero attached hydrogens (tertiary/aromatic N) is 3. The van der Waals surface area contributed by atoms with Gasteiger partial charge < -0.3 is 20.2 Å². The van der Waals surface area contributed by atoms with E-state index in [1.54, 1.807) is 29.2 Å². The molecule has 2 N–H and O–H groups in total. The Morgan fingerprint density at radius 1 is 1.06 bits per heavy atom. The van der Waals surface area contributed by atoms with E-state index < -0.39 is 28.7 Å². The fraction of sp³-hybridized carbons (Fsp3) is 0.462. The lowest BCUT2D eigenvalue weighted by atomic mass is 9.92. The van der Waals surface area contributed by atoms with Gasteiger partial charge >= 0.3 is 0 Å². The van der Waals surface area contributed by atoms with Crippen LogP contribution in [0.2, 0.25) is 0 Å². The number of carbonyl (C=O) groups is 2. The number of aliphatic hydroxyl groups is 1. The van der Waals surface area contributed by atoms with E-state index >= 15 is 0 Å². The normalized spacial score (nSPS) is 19.1. The topological polar surface area (TPSA) is 76.1 Å². The molecule has 2 aromatic carbocycles. The van der Waals surface area contributed by atoms with E-state index in [9.17, 15) is 23.5 Å². The first-order chi connectivity index (χ1) is 16.6. The highest BCUT2D eigenvalue weighted by molar-refractivity contribution is 5.94. The van der Waals surface area contributed by atoms with Crippen LogP contribution in [0.25, 0.3) is 0 Å². The molecular weight excluding hydrogens is 454 g/mol. The smallest absolute Gasteiger partial charge is 0.259 e. The van der Waals surface area contributed by atoms with Crippen molar-refractivity contribution < 1.29 is 23.5 Å². The van der Waals surface area contributed by atoms with Crippen molar-refractivity contribution in [1.82, 2.24) is 14.7 Å². The molecule has 35 heavy (non-hydrogen) atoms. The zero-order chi connectivity index (χ0) is 25.3. The molecule has 188 valence electrons. The highest BCUT2D eigenvalue weighted by Gasteiger charge is 2.40. The molecule has 0 bridgehead atoms. The van der Waals surface area contributed by atoms with E-state index in [0.29, 0.717) is 30.4 Å². The van der Waals surface area contributed by atoms with Crippen LogP contribution >= 0.6 is 0 Å². The van der Waals surface area contributed by atoms with Crippen LogP contribution in [0.3, 0.4) is 0 Å². The maximum absolute atomic E-state index is 14.4. The molecule has 2 saturated heterocycles. The zero-order valence-corrected chi connectivity index (χ0v) is 20.3. The Balaban J connectivity index is 1.27. The van der Waals surface area contributed by atoms with Crippen LogP contribution in [0.15, 0.2) is 42.5 Å². The summed E-state index contributed by atoms with van der Waals surface area (Å²) in [5.41, 5.74) is -1.22. The molecule has 0 radical (unpaired) electrons. The van der Waals surface area contributed by atoms with Crippen LogP contribution < -0.4 is 5.32 Å². The first-order valence-corrected chi connectivity index (χ1v) is 11.9. The van der Waals surface area contributed by atoms with E-state index in [1.807, 2.05) is 6.07 Å². The first kappa shape index (κ1) is 25.1. The van der Waals surface area contributed by atoms with E-state index in [-0.39, 0.29) is 11.9 Å². The van der Waals surface area contributed by atoms with Crippen LogP contribution in [-0.2, 0) is 10.4 Å². The second-order valence-electron chi connectivity index (χ2n) is 9.77. The monoisotopic (exact) mass is 486 g/mol. The number of piperidine rings is 1. The lowest BCUT2D eigenvalue weighted by Crippen LogP contribution is -2.61. The minimum atomic E-state index is -1.56. The van der Waals surface area contributed by atoms with E-state index in [0.717, 1.165) is 43.0 Å². The van der Waals surface area contributed by atoms with Gasteiger partial charge in [0.15, 0.2) is 5.60 Å². The Morgan fingerprint density at radius 3 is 2.17 bits per heavy atom. The molecule has 0 unspecified atom stereocenters. The van der Waals surface area contributed by atoms with E-state index in [2.05, 4.69) is 10.2 Å². The first-order valence-electron chi connectivity index (χ1n) is 11.9. The number of hydrogen-bond donors (Lipinski definition) is 2. The van der Waals surface area contributed by atoms with Crippen molar-refractivity contribution in [3.05, 3.63) is 65.2 Å². The molecule has 0 aromatic heterocycles. The lowest BCUT2D eigenvalue weighted by Gasteiger charge is -2.48. The molecule has 1 atom stereocenters. The fourth-order valence-electron chi connectivity index (χ4n) is 4.85. The van der Waals surface area contributed by atoms with Gasteiger partial charge in [0, 0.05) is 52.0 Å². The van der Waals surface area contributed by atoms with Crippen LogP contribution in [0.5, 0.6) is 0 Å². The molecule has 0 saturated carbocycles. The molecule has 0 aliphatic carbocycles. The second-order valence-corrected chi connectivity index (χ2v) is 9.77. The third kappa shape index (κ3) is 5.16. The van der Waals surface area contributed by atoms with E-state index in [4.69, 9.17) is 0 Å². The minimum Gasteiger partial charge on any atom is -0.380 e. The van der Waals surface area contributed by atoms with E-state index in [1.165, 1.54) is 21.0 Å². The Bertz CT molecular complexity index is 1060. The summed E-state index contributed by atoms with van der Waals surface area (Å²) in [6, 6.07) is 11.6. The third-order valence-corrected chi connectivity index (χ3v) is 6.96. The summed E-state index contributed by atoms with van der Waals surface area (Å²) in [5.74, 6) is -2.77. The Morgan fingerprint density at radius 2 is 1.63 bits per heavy atom. The van der Waals surface area contributed by atoms with Gasteiger partial charge in [0.1, 0.15) is 17.2 Å². The third-order valence-electron chi connectivity index (χ3n) is 6.96. The number of amides is 2. The number of nitrogens with one attached hydrogen (secondary N) is 1. The molecule has 2 aromatic rings. The molecule has 2 heterocycles. The summed E-state index contributed by atoms with van der Waals surface area (Å²) in [5, 5.41) is 14.0. The number of anilines is 1. The predicted molar refractivity (Wildman–Crippen MR) is 129 cm³/mol. The van der Waals surface area contributed by atoms with Crippen molar-refractivity contribution in [3.63, 3.8) is 0 Å². The van der Waals surface area contributed by atoms with Gasteiger partial charge in [-0.1, -0.05) is 30.3 Å². The van der Waals surface area contributed by atoms with Gasteiger partial charge in [-0.05, 0) is 37.5 Å². The van der Waals surface area contributed by atoms with Crippen molar-refractivity contribution in [2.75, 3.05) is 45.6 Å². The lowest BCUT2D eigenvalue weighted by molar-refractivity contribution is -0.152. The summed E-state index contributed by atoms with van der Waals surface area (Å²) >= 11 is 0. The van der Waals surface area contributed by atoms with Gasteiger partial charge in [-0.3, -0.25) is 14.5 Å². The molecule has 7 nitrogen and oxygen atoms in total. The van der Waals surface area contributed by atoms with Gasteiger partial charge in [-0.2, -0.15) is 0 Å². The van der Waals surface area contributed by atoms with Crippen molar-refractivity contribution in [2.24, 2.45) is 0 Å². The quantitative estimate of drug-likeness (QED) is 0.657. The van der Waals surface area contributed by atoms with Crippen molar-refractivity contribution in [3.8, 4) is 0 Å². The van der Waals surface area contributed by atoms with Gasteiger partial charge in [-0.25, -0.2) is 8.78 Å². The second kappa shape index (κ2) is 9.91. The molecule has 0 spiro atoms. The highest BCUT2D eigenvalue weighted by Crippen LogP contribution is 2.29. The molecule has 2 aliphatic heterocycles. The number of likely N-dealkylation sites (tertiary alicyclic amines) is 2. The summed E-state index contributed by atoms with van der Waals surface area (Å²) in [6.45, 7) is 4.12. The maximum Gasteiger partial charge on any atom is 0.259 e. The number of hydrogen-bond acceptors (Lipinski definition) is 5. The molecule has 2 fully saturated rings. The molecule has 9 heteroatoms. The molecular formula is C26H32F2N4O3. The predicted octanol–water partition coefficient (Wildman–Crippen LogP) is 2.66. The maximum atomic E-state index is 14.4. The van der Waals surface area contributed by atoms with Crippen LogP contribution in [0.1, 0.15) is 35.7 Å². The molecule has 4 rings (SSSR count). The molecule has 2 amide bonds. The Labute approximate surface area is 204 Å². The SMILES string of the molecule is CN(C)C(=O)c1c(F)cc(NC2CN(C3CCN(C(=O)[C@@](C)(O)c4ccccc4)CC3)C2)cc1F. The van der Waals surface area contributed by atoms with Crippen molar-refractivity contribution >= 4 is 17.5 Å². The van der Waals surface area contributed by atoms with Gasteiger partial charge in [0.05, 0.1) is 6.04 Å². The number of halogens is 2. The number of rotatable bonds is 6. The van der Waals surface area contributed by atoms with Crippen LogP contribution in [-0.4, -0.2) is 84.0 Å². The summed E-state index contributed by atoms with van der Waals surface area (Å²) in [6.07, 6.45) is 1.60. The summed E-state index contributed by atoms with van der Waals surface area (Å²) in [7, 11) is 2.89. The zero-order valence-electron chi connectivity index (χ0n) is 20.3. The average Bonchev–Trinajstić information content (AvgIpc) is 2.80. The van der Waals surface area contributed by atoms with Crippen LogP contribution in [0.4, 0.5) is 14.5 Å². The Kier molecular flexibility index (Phi) is 7.10.